The first kappa shape index (κ1) is 17.1. The van der Waals surface area contributed by atoms with Crippen LogP contribution in [0.1, 0.15) is 15.9 Å². The molecule has 0 fully saturated rings. The molecule has 9 heteroatoms. The summed E-state index contributed by atoms with van der Waals surface area (Å²) in [5, 5.41) is 7.75. The van der Waals surface area contributed by atoms with Crippen molar-refractivity contribution >= 4 is 38.3 Å². The van der Waals surface area contributed by atoms with E-state index in [1.54, 1.807) is 0 Å². The Kier molecular flexibility index (Phi) is 5.69. The van der Waals surface area contributed by atoms with E-state index < -0.39 is 26.7 Å². The fourth-order valence-corrected chi connectivity index (χ4v) is 2.98. The summed E-state index contributed by atoms with van der Waals surface area (Å²) in [6, 6.07) is 2.54. The third kappa shape index (κ3) is 4.55. The molecule has 0 saturated carbocycles. The molecule has 20 heavy (non-hydrogen) atoms. The van der Waals surface area contributed by atoms with Crippen molar-refractivity contribution in [1.29, 1.82) is 0 Å². The van der Waals surface area contributed by atoms with E-state index >= 15 is 0 Å². The van der Waals surface area contributed by atoms with Gasteiger partial charge in [0.25, 0.3) is 5.91 Å². The van der Waals surface area contributed by atoms with E-state index in [4.69, 9.17) is 16.7 Å². The van der Waals surface area contributed by atoms with Crippen LogP contribution in [-0.2, 0) is 20.8 Å². The van der Waals surface area contributed by atoms with Crippen LogP contribution in [0.2, 0.25) is 5.02 Å². The summed E-state index contributed by atoms with van der Waals surface area (Å²) in [7, 11) is -4.98. The lowest BCUT2D eigenvalue weighted by Gasteiger charge is -2.09. The molecule has 112 valence electrons. The first-order valence-electron chi connectivity index (χ1n) is 5.54. The Labute approximate surface area is 125 Å². The van der Waals surface area contributed by atoms with Gasteiger partial charge in [-0.1, -0.05) is 11.6 Å². The van der Waals surface area contributed by atoms with Gasteiger partial charge in [-0.3, -0.25) is 9.00 Å². The van der Waals surface area contributed by atoms with Crippen LogP contribution < -0.4 is 10.5 Å². The van der Waals surface area contributed by atoms with Crippen molar-refractivity contribution in [3.05, 3.63) is 28.3 Å². The molecule has 1 amide bonds. The summed E-state index contributed by atoms with van der Waals surface area (Å²) >= 11 is 5.90. The van der Waals surface area contributed by atoms with Gasteiger partial charge in [0.15, 0.2) is 0 Å². The van der Waals surface area contributed by atoms with Crippen LogP contribution in [0.3, 0.4) is 0 Å². The molecule has 0 radical (unpaired) electrons. The van der Waals surface area contributed by atoms with Crippen LogP contribution in [0.5, 0.6) is 0 Å². The van der Waals surface area contributed by atoms with Gasteiger partial charge in [0.2, 0.25) is 10.0 Å². The highest BCUT2D eigenvalue weighted by molar-refractivity contribution is 7.89. The molecule has 0 aliphatic rings. The van der Waals surface area contributed by atoms with Gasteiger partial charge in [-0.25, -0.2) is 13.6 Å². The molecule has 3 N–H and O–H groups in total. The summed E-state index contributed by atoms with van der Waals surface area (Å²) in [4.78, 5) is 11.7. The highest BCUT2D eigenvalue weighted by Crippen LogP contribution is 2.24. The maximum absolute atomic E-state index is 11.9. The fraction of sp³-hybridized carbons (Fsp3) is 0.364. The highest BCUT2D eigenvalue weighted by Gasteiger charge is 2.18. The Hall–Kier alpha value is -0.960. The van der Waals surface area contributed by atoms with Crippen LogP contribution in [0.4, 0.5) is 0 Å². The molecule has 0 aliphatic heterocycles. The van der Waals surface area contributed by atoms with Crippen molar-refractivity contribution in [3.63, 3.8) is 0 Å². The SMILES string of the molecule is Cc1c(Cl)cc(C(=O)NCCS(C)=O)cc1S(N)(=O)=O. The summed E-state index contributed by atoms with van der Waals surface area (Å²) in [6.45, 7) is 1.72. The van der Waals surface area contributed by atoms with Crippen molar-refractivity contribution in [2.45, 2.75) is 11.8 Å². The second kappa shape index (κ2) is 6.66. The van der Waals surface area contributed by atoms with Crippen LogP contribution in [0.25, 0.3) is 0 Å². The Bertz CT molecular complexity index is 659. The van der Waals surface area contributed by atoms with Crippen molar-refractivity contribution < 1.29 is 17.4 Å². The second-order valence-corrected chi connectivity index (χ2v) is 7.65. The molecule has 0 aliphatic carbocycles. The van der Waals surface area contributed by atoms with Crippen molar-refractivity contribution in [2.24, 2.45) is 5.14 Å². The molecule has 1 aromatic carbocycles. The summed E-state index contributed by atoms with van der Waals surface area (Å²) < 4.78 is 33.8. The van der Waals surface area contributed by atoms with Crippen LogP contribution in [-0.4, -0.2) is 37.1 Å². The number of sulfonamides is 1. The molecular weight excluding hydrogens is 324 g/mol. The first-order valence-corrected chi connectivity index (χ1v) is 9.19. The molecule has 6 nitrogen and oxygen atoms in total. The van der Waals surface area contributed by atoms with E-state index in [9.17, 15) is 17.4 Å². The number of primary sulfonamides is 1. The molecule has 1 atom stereocenters. The van der Waals surface area contributed by atoms with Crippen molar-refractivity contribution in [3.8, 4) is 0 Å². The number of carbonyl (C=O) groups excluding carboxylic acids is 1. The van der Waals surface area contributed by atoms with Gasteiger partial charge in [-0.05, 0) is 24.6 Å². The van der Waals surface area contributed by atoms with Gasteiger partial charge in [0.05, 0.1) is 4.90 Å². The highest BCUT2D eigenvalue weighted by atomic mass is 35.5. The molecular formula is C11H15ClN2O4S2. The molecule has 0 bridgehead atoms. The van der Waals surface area contributed by atoms with Gasteiger partial charge in [-0.2, -0.15) is 0 Å². The van der Waals surface area contributed by atoms with Gasteiger partial charge < -0.3 is 5.32 Å². The van der Waals surface area contributed by atoms with E-state index in [1.165, 1.54) is 25.3 Å². The van der Waals surface area contributed by atoms with Crippen LogP contribution >= 0.6 is 11.6 Å². The standard InChI is InChI=1S/C11H15ClN2O4S2/c1-7-9(12)5-8(6-10(7)20(13,17)18)11(15)14-3-4-19(2)16/h5-6H,3-4H2,1-2H3,(H,14,15)(H2,13,17,18). The quantitative estimate of drug-likeness (QED) is 0.810. The molecule has 0 heterocycles. The average molecular weight is 339 g/mol. The van der Waals surface area contributed by atoms with Gasteiger partial charge in [0.1, 0.15) is 0 Å². The molecule has 0 aromatic heterocycles. The molecule has 0 spiro atoms. The maximum Gasteiger partial charge on any atom is 0.251 e. The second-order valence-electron chi connectivity index (χ2n) is 4.16. The van der Waals surface area contributed by atoms with Crippen molar-refractivity contribution in [1.82, 2.24) is 5.32 Å². The summed E-state index contributed by atoms with van der Waals surface area (Å²) in [5.41, 5.74) is 0.381. The summed E-state index contributed by atoms with van der Waals surface area (Å²) in [6.07, 6.45) is 1.52. The third-order valence-electron chi connectivity index (χ3n) is 2.54. The Morgan fingerprint density at radius 2 is 2.05 bits per heavy atom. The zero-order valence-corrected chi connectivity index (χ0v) is 13.4. The Morgan fingerprint density at radius 3 is 2.55 bits per heavy atom. The normalized spacial score (nSPS) is 13.0. The molecule has 0 saturated heterocycles. The predicted octanol–water partition coefficient (Wildman–Crippen LogP) is 0.404. The number of benzene rings is 1. The number of hydrogen-bond donors (Lipinski definition) is 2. The lowest BCUT2D eigenvalue weighted by molar-refractivity contribution is 0.0956. The number of amides is 1. The smallest absolute Gasteiger partial charge is 0.251 e. The average Bonchev–Trinajstić information content (AvgIpc) is 2.30. The van der Waals surface area contributed by atoms with E-state index in [1.807, 2.05) is 0 Å². The number of nitrogens with two attached hydrogens (primary N) is 1. The van der Waals surface area contributed by atoms with E-state index in [0.717, 1.165) is 0 Å². The number of halogens is 1. The predicted molar refractivity (Wildman–Crippen MR) is 78.8 cm³/mol. The van der Waals surface area contributed by atoms with Gasteiger partial charge in [0, 0.05) is 39.9 Å². The molecule has 1 aromatic rings. The molecule has 1 unspecified atom stereocenters. The zero-order valence-electron chi connectivity index (χ0n) is 11.0. The number of nitrogens with one attached hydrogen (secondary N) is 1. The zero-order chi connectivity index (χ0) is 15.5. The first-order chi connectivity index (χ1) is 9.12. The number of rotatable bonds is 5. The number of carbonyl (C=O) groups is 1. The van der Waals surface area contributed by atoms with Gasteiger partial charge >= 0.3 is 0 Å². The van der Waals surface area contributed by atoms with Crippen LogP contribution in [0.15, 0.2) is 17.0 Å². The largest absolute Gasteiger partial charge is 0.351 e. The van der Waals surface area contributed by atoms with E-state index in [2.05, 4.69) is 5.32 Å². The van der Waals surface area contributed by atoms with E-state index in [-0.39, 0.29) is 22.0 Å². The minimum Gasteiger partial charge on any atom is -0.351 e. The lowest BCUT2D eigenvalue weighted by atomic mass is 10.1. The van der Waals surface area contributed by atoms with Crippen molar-refractivity contribution in [2.75, 3.05) is 18.6 Å². The Balaban J connectivity index is 3.05. The topological polar surface area (TPSA) is 106 Å². The lowest BCUT2D eigenvalue weighted by Crippen LogP contribution is -2.28. The molecule has 1 rings (SSSR count). The maximum atomic E-state index is 11.9. The van der Waals surface area contributed by atoms with E-state index in [0.29, 0.717) is 11.3 Å². The monoisotopic (exact) mass is 338 g/mol. The summed E-state index contributed by atoms with van der Waals surface area (Å²) in [5.74, 6) is -0.185. The fourth-order valence-electron chi connectivity index (χ4n) is 1.49. The minimum absolute atomic E-state index is 0.0894. The number of hydrogen-bond acceptors (Lipinski definition) is 4. The third-order valence-corrected chi connectivity index (χ3v) is 4.75. The van der Waals surface area contributed by atoms with Gasteiger partial charge in [-0.15, -0.1) is 0 Å². The minimum atomic E-state index is -3.96. The Morgan fingerprint density at radius 1 is 1.45 bits per heavy atom. The van der Waals surface area contributed by atoms with Crippen LogP contribution in [0, 0.1) is 6.92 Å².